The number of para-hydroxylation sites is 3. The molecule has 1 fully saturated rings. The molecule has 0 bridgehead atoms. The van der Waals surface area contributed by atoms with E-state index in [0.717, 1.165) is 17.1 Å². The van der Waals surface area contributed by atoms with Gasteiger partial charge >= 0.3 is 0 Å². The largest absolute Gasteiger partial charge is 0.310 e. The fourth-order valence-electron chi connectivity index (χ4n) is 10.9. The van der Waals surface area contributed by atoms with Crippen LogP contribution in [0.2, 0.25) is 0 Å². The lowest BCUT2D eigenvalue weighted by molar-refractivity contribution is 0.550. The number of hydrogen-bond acceptors (Lipinski definition) is 1. The number of benzene rings is 9. The van der Waals surface area contributed by atoms with Gasteiger partial charge in [-0.3, -0.25) is 0 Å². The summed E-state index contributed by atoms with van der Waals surface area (Å²) >= 11 is 0. The van der Waals surface area contributed by atoms with Crippen molar-refractivity contribution in [3.8, 4) is 50.2 Å². The van der Waals surface area contributed by atoms with Crippen LogP contribution in [0.5, 0.6) is 0 Å². The molecule has 1 aromatic heterocycles. The maximum atomic E-state index is 2.55. The molecule has 0 aliphatic heterocycles. The topological polar surface area (TPSA) is 8.17 Å². The first-order valence-corrected chi connectivity index (χ1v) is 21.7. The van der Waals surface area contributed by atoms with E-state index in [1.165, 1.54) is 109 Å². The van der Waals surface area contributed by atoms with Crippen LogP contribution in [0, 0.1) is 0 Å². The highest BCUT2D eigenvalue weighted by Crippen LogP contribution is 2.58. The average molecular weight is 781 g/mol. The van der Waals surface area contributed by atoms with E-state index in [4.69, 9.17) is 0 Å². The van der Waals surface area contributed by atoms with Crippen molar-refractivity contribution in [2.24, 2.45) is 0 Å². The SMILES string of the molecule is c1ccc(-c2ccccc2-c2ccccc2-c2ccccc2N(c2ccc3c(c2)C2(CCCC2)c2ccccc2-3)c2ccc3c(c2)c2ccccc2n3-c2ccccc2)cc1. The summed E-state index contributed by atoms with van der Waals surface area (Å²) in [4.78, 5) is 2.54. The molecule has 0 N–H and O–H groups in total. The van der Waals surface area contributed by atoms with Crippen LogP contribution in [-0.4, -0.2) is 4.57 Å². The molecule has 0 radical (unpaired) electrons. The molecule has 2 heteroatoms. The zero-order chi connectivity index (χ0) is 40.3. The van der Waals surface area contributed by atoms with Gasteiger partial charge in [0.05, 0.1) is 16.7 Å². The van der Waals surface area contributed by atoms with E-state index in [1.807, 2.05) is 0 Å². The highest BCUT2D eigenvalue weighted by atomic mass is 15.1. The van der Waals surface area contributed by atoms with Crippen molar-refractivity contribution < 1.29 is 0 Å². The lowest BCUT2D eigenvalue weighted by Gasteiger charge is -2.31. The van der Waals surface area contributed by atoms with Gasteiger partial charge in [-0.2, -0.15) is 0 Å². The van der Waals surface area contributed by atoms with Crippen molar-refractivity contribution in [2.75, 3.05) is 4.90 Å². The van der Waals surface area contributed by atoms with Crippen LogP contribution in [0.25, 0.3) is 72.0 Å². The fourth-order valence-corrected chi connectivity index (χ4v) is 10.9. The van der Waals surface area contributed by atoms with Gasteiger partial charge in [0, 0.05) is 38.8 Å². The van der Waals surface area contributed by atoms with Gasteiger partial charge in [-0.05, 0) is 118 Å². The zero-order valence-electron chi connectivity index (χ0n) is 34.0. The molecule has 0 atom stereocenters. The Labute approximate surface area is 357 Å². The van der Waals surface area contributed by atoms with Gasteiger partial charge in [0.2, 0.25) is 0 Å². The molecule has 10 aromatic rings. The Morgan fingerprint density at radius 3 is 1.66 bits per heavy atom. The van der Waals surface area contributed by atoms with Crippen molar-refractivity contribution in [1.29, 1.82) is 0 Å². The van der Waals surface area contributed by atoms with Crippen LogP contribution >= 0.6 is 0 Å². The van der Waals surface area contributed by atoms with Gasteiger partial charge in [0.25, 0.3) is 0 Å². The van der Waals surface area contributed by atoms with Crippen LogP contribution in [0.1, 0.15) is 36.8 Å². The van der Waals surface area contributed by atoms with Crippen LogP contribution in [0.3, 0.4) is 0 Å². The van der Waals surface area contributed by atoms with Crippen LogP contribution in [-0.2, 0) is 5.41 Å². The normalized spacial score (nSPS) is 13.8. The van der Waals surface area contributed by atoms with Crippen molar-refractivity contribution in [3.63, 3.8) is 0 Å². The Morgan fingerprint density at radius 2 is 0.885 bits per heavy atom. The van der Waals surface area contributed by atoms with E-state index in [9.17, 15) is 0 Å². The summed E-state index contributed by atoms with van der Waals surface area (Å²) in [5.74, 6) is 0. The summed E-state index contributed by atoms with van der Waals surface area (Å²) in [5.41, 5.74) is 20.1. The predicted octanol–water partition coefficient (Wildman–Crippen LogP) is 16.1. The quantitative estimate of drug-likeness (QED) is 0.156. The van der Waals surface area contributed by atoms with Crippen molar-refractivity contribution in [3.05, 3.63) is 230 Å². The lowest BCUT2D eigenvalue weighted by atomic mass is 9.76. The van der Waals surface area contributed by atoms with Gasteiger partial charge in [-0.15, -0.1) is 0 Å². The maximum Gasteiger partial charge on any atom is 0.0542 e. The monoisotopic (exact) mass is 780 g/mol. The molecule has 2 aliphatic rings. The Kier molecular flexibility index (Phi) is 8.38. The third-order valence-electron chi connectivity index (χ3n) is 13.6. The molecule has 12 rings (SSSR count). The second-order valence-corrected chi connectivity index (χ2v) is 16.8. The molecule has 2 nitrogen and oxygen atoms in total. The summed E-state index contributed by atoms with van der Waals surface area (Å²) in [6, 6.07) is 80.8. The number of fused-ring (bicyclic) bond motifs is 8. The molecule has 290 valence electrons. The smallest absolute Gasteiger partial charge is 0.0542 e. The first-order chi connectivity index (χ1) is 30.3. The van der Waals surface area contributed by atoms with E-state index >= 15 is 0 Å². The standard InChI is InChI=1S/C59H44N2/c1-3-19-41(20-4-1)45-23-7-8-24-46(45)47-25-9-10-26-48(47)51-28-12-15-31-56(51)60(44-33-35-50-49-27-11-14-30-54(49)59(55(50)40-44)37-17-18-38-59)43-34-36-58-53(39-43)52-29-13-16-32-57(52)61(58)42-21-5-2-6-22-42/h1-16,19-36,39-40H,17-18,37-38H2. The minimum Gasteiger partial charge on any atom is -0.310 e. The number of rotatable bonds is 7. The molecule has 0 amide bonds. The van der Waals surface area contributed by atoms with E-state index in [-0.39, 0.29) is 5.41 Å². The summed E-state index contributed by atoms with van der Waals surface area (Å²) in [6.45, 7) is 0. The number of aromatic nitrogens is 1. The van der Waals surface area contributed by atoms with E-state index < -0.39 is 0 Å². The van der Waals surface area contributed by atoms with Gasteiger partial charge < -0.3 is 9.47 Å². The second-order valence-electron chi connectivity index (χ2n) is 16.8. The van der Waals surface area contributed by atoms with Gasteiger partial charge in [-0.1, -0.05) is 177 Å². The first kappa shape index (κ1) is 35.5. The van der Waals surface area contributed by atoms with Gasteiger partial charge in [-0.25, -0.2) is 0 Å². The number of hydrogen-bond donors (Lipinski definition) is 0. The minimum atomic E-state index is 0.0495. The zero-order valence-corrected chi connectivity index (χ0v) is 34.0. The molecular formula is C59H44N2. The van der Waals surface area contributed by atoms with Gasteiger partial charge in [0.1, 0.15) is 0 Å². The van der Waals surface area contributed by atoms with E-state index in [2.05, 4.69) is 228 Å². The van der Waals surface area contributed by atoms with Crippen molar-refractivity contribution in [2.45, 2.75) is 31.1 Å². The maximum absolute atomic E-state index is 2.55. The Morgan fingerprint density at radius 1 is 0.361 bits per heavy atom. The predicted molar refractivity (Wildman–Crippen MR) is 256 cm³/mol. The summed E-state index contributed by atoms with van der Waals surface area (Å²) in [5, 5.41) is 2.48. The van der Waals surface area contributed by atoms with Crippen molar-refractivity contribution >= 4 is 38.9 Å². The van der Waals surface area contributed by atoms with E-state index in [0.29, 0.717) is 0 Å². The van der Waals surface area contributed by atoms with Crippen LogP contribution in [0.4, 0.5) is 17.1 Å². The van der Waals surface area contributed by atoms with Crippen LogP contribution < -0.4 is 4.90 Å². The molecule has 1 saturated carbocycles. The van der Waals surface area contributed by atoms with Crippen LogP contribution in [0.15, 0.2) is 218 Å². The minimum absolute atomic E-state index is 0.0495. The molecule has 61 heavy (non-hydrogen) atoms. The number of anilines is 3. The summed E-state index contributed by atoms with van der Waals surface area (Å²) in [7, 11) is 0. The summed E-state index contributed by atoms with van der Waals surface area (Å²) < 4.78 is 2.41. The molecular weight excluding hydrogens is 737 g/mol. The van der Waals surface area contributed by atoms with Gasteiger partial charge in [0.15, 0.2) is 0 Å². The third kappa shape index (κ3) is 5.63. The Hall–Kier alpha value is -7.42. The molecule has 0 unspecified atom stereocenters. The van der Waals surface area contributed by atoms with Crippen molar-refractivity contribution in [1.82, 2.24) is 4.57 Å². The van der Waals surface area contributed by atoms with E-state index in [1.54, 1.807) is 0 Å². The fraction of sp³-hybridized carbons (Fsp3) is 0.0847. The first-order valence-electron chi connectivity index (χ1n) is 21.7. The molecule has 0 saturated heterocycles. The molecule has 1 heterocycles. The molecule has 1 spiro atoms. The highest BCUT2D eigenvalue weighted by molar-refractivity contribution is 6.11. The average Bonchev–Trinajstić information content (AvgIpc) is 4.04. The molecule has 9 aromatic carbocycles. The Bertz CT molecular complexity index is 3260. The highest BCUT2D eigenvalue weighted by Gasteiger charge is 2.45. The second kappa shape index (κ2) is 14.4. The Balaban J connectivity index is 1.11. The lowest BCUT2D eigenvalue weighted by Crippen LogP contribution is -2.21. The number of nitrogens with zero attached hydrogens (tertiary/aromatic N) is 2. The third-order valence-corrected chi connectivity index (χ3v) is 13.6. The summed E-state index contributed by atoms with van der Waals surface area (Å²) in [6.07, 6.45) is 4.90. The molecule has 2 aliphatic carbocycles.